The van der Waals surface area contributed by atoms with Gasteiger partial charge >= 0.3 is 0 Å². The fourth-order valence-corrected chi connectivity index (χ4v) is 2.63. The number of rotatable bonds is 6. The zero-order valence-corrected chi connectivity index (χ0v) is 15.2. The molecule has 1 fully saturated rings. The predicted octanol–water partition coefficient (Wildman–Crippen LogP) is 1.28. The molecular formula is C16H23Cl2N3O3. The van der Waals surface area contributed by atoms with Gasteiger partial charge < -0.3 is 19.9 Å². The maximum absolute atomic E-state index is 12.4. The van der Waals surface area contributed by atoms with E-state index >= 15 is 0 Å². The first-order valence-electron chi connectivity index (χ1n) is 7.64. The molecule has 1 aromatic carbocycles. The Balaban J connectivity index is 0.00000288. The van der Waals surface area contributed by atoms with Gasteiger partial charge in [-0.3, -0.25) is 9.59 Å². The third-order valence-corrected chi connectivity index (χ3v) is 3.99. The summed E-state index contributed by atoms with van der Waals surface area (Å²) in [6, 6.07) is 6.93. The fourth-order valence-electron chi connectivity index (χ4n) is 2.44. The van der Waals surface area contributed by atoms with Crippen molar-refractivity contribution in [1.29, 1.82) is 0 Å². The van der Waals surface area contributed by atoms with Crippen LogP contribution >= 0.6 is 24.0 Å². The summed E-state index contributed by atoms with van der Waals surface area (Å²) >= 11 is 5.92. The molecule has 0 spiro atoms. The van der Waals surface area contributed by atoms with Crippen LogP contribution in [-0.2, 0) is 9.53 Å². The molecule has 0 unspecified atom stereocenters. The van der Waals surface area contributed by atoms with Gasteiger partial charge in [-0.25, -0.2) is 0 Å². The summed E-state index contributed by atoms with van der Waals surface area (Å²) in [7, 11) is 1.62. The van der Waals surface area contributed by atoms with Gasteiger partial charge in [0.25, 0.3) is 5.91 Å². The second-order valence-corrected chi connectivity index (χ2v) is 5.79. The number of carbonyl (C=O) groups is 2. The second kappa shape index (κ2) is 10.5. The summed E-state index contributed by atoms with van der Waals surface area (Å²) < 4.78 is 4.92. The second-order valence-electron chi connectivity index (χ2n) is 5.35. The first-order chi connectivity index (χ1) is 11.1. The molecule has 1 heterocycles. The topological polar surface area (TPSA) is 61.9 Å². The number of benzene rings is 1. The van der Waals surface area contributed by atoms with Crippen LogP contribution < -0.4 is 5.32 Å². The van der Waals surface area contributed by atoms with E-state index in [9.17, 15) is 9.59 Å². The molecular weight excluding hydrogens is 353 g/mol. The molecule has 1 aromatic rings. The van der Waals surface area contributed by atoms with Crippen LogP contribution in [0.4, 0.5) is 0 Å². The number of piperazine rings is 1. The van der Waals surface area contributed by atoms with Crippen molar-refractivity contribution in [2.24, 2.45) is 0 Å². The van der Waals surface area contributed by atoms with Crippen LogP contribution in [0.25, 0.3) is 0 Å². The van der Waals surface area contributed by atoms with E-state index in [0.29, 0.717) is 56.5 Å². The van der Waals surface area contributed by atoms with Gasteiger partial charge in [0, 0.05) is 50.4 Å². The number of methoxy groups -OCH3 is 1. The molecule has 2 rings (SSSR count). The number of nitrogens with zero attached hydrogens (tertiary/aromatic N) is 2. The lowest BCUT2D eigenvalue weighted by Gasteiger charge is -2.35. The number of amides is 2. The zero-order valence-electron chi connectivity index (χ0n) is 13.7. The number of hydrogen-bond donors (Lipinski definition) is 1. The molecule has 1 N–H and O–H groups in total. The highest BCUT2D eigenvalue weighted by molar-refractivity contribution is 6.30. The third kappa shape index (κ3) is 5.94. The van der Waals surface area contributed by atoms with E-state index in [1.54, 1.807) is 41.2 Å². The minimum atomic E-state index is -0.0437. The molecule has 2 amide bonds. The van der Waals surface area contributed by atoms with Gasteiger partial charge in [-0.05, 0) is 18.2 Å². The van der Waals surface area contributed by atoms with Crippen molar-refractivity contribution in [2.75, 3.05) is 53.0 Å². The van der Waals surface area contributed by atoms with Crippen molar-refractivity contribution < 1.29 is 14.3 Å². The van der Waals surface area contributed by atoms with E-state index in [4.69, 9.17) is 16.3 Å². The Morgan fingerprint density at radius 2 is 1.88 bits per heavy atom. The van der Waals surface area contributed by atoms with Crippen LogP contribution in [0.15, 0.2) is 24.3 Å². The Morgan fingerprint density at radius 1 is 1.21 bits per heavy atom. The highest BCUT2D eigenvalue weighted by Crippen LogP contribution is 2.14. The smallest absolute Gasteiger partial charge is 0.254 e. The lowest BCUT2D eigenvalue weighted by Crippen LogP contribution is -2.52. The summed E-state index contributed by atoms with van der Waals surface area (Å²) in [6.07, 6.45) is 0. The highest BCUT2D eigenvalue weighted by Gasteiger charge is 2.24. The Morgan fingerprint density at radius 3 is 2.50 bits per heavy atom. The molecule has 1 aliphatic rings. The van der Waals surface area contributed by atoms with E-state index in [0.717, 1.165) is 0 Å². The molecule has 0 atom stereocenters. The minimum Gasteiger partial charge on any atom is -0.383 e. The number of ether oxygens (including phenoxy) is 1. The predicted molar refractivity (Wildman–Crippen MR) is 95.9 cm³/mol. The van der Waals surface area contributed by atoms with Crippen LogP contribution in [0, 0.1) is 0 Å². The largest absolute Gasteiger partial charge is 0.383 e. The Labute approximate surface area is 153 Å². The number of carbonyl (C=O) groups excluding carboxylic acids is 2. The molecule has 24 heavy (non-hydrogen) atoms. The molecule has 0 aliphatic carbocycles. The summed E-state index contributed by atoms with van der Waals surface area (Å²) in [4.78, 5) is 28.0. The van der Waals surface area contributed by atoms with Crippen LogP contribution in [0.2, 0.25) is 5.02 Å². The molecule has 0 saturated carbocycles. The molecule has 1 aliphatic heterocycles. The monoisotopic (exact) mass is 375 g/mol. The van der Waals surface area contributed by atoms with Crippen molar-refractivity contribution in [1.82, 2.24) is 15.1 Å². The molecule has 8 heteroatoms. The number of hydrogen-bond acceptors (Lipinski definition) is 4. The van der Waals surface area contributed by atoms with Crippen LogP contribution in [0.5, 0.6) is 0 Å². The Hall–Kier alpha value is -1.34. The molecule has 0 bridgehead atoms. The lowest BCUT2D eigenvalue weighted by atomic mass is 10.2. The number of halogens is 2. The van der Waals surface area contributed by atoms with Gasteiger partial charge in [0.15, 0.2) is 0 Å². The zero-order chi connectivity index (χ0) is 16.7. The van der Waals surface area contributed by atoms with E-state index in [2.05, 4.69) is 5.32 Å². The third-order valence-electron chi connectivity index (χ3n) is 3.75. The molecule has 0 aromatic heterocycles. The van der Waals surface area contributed by atoms with Crippen LogP contribution in [0.3, 0.4) is 0 Å². The Kier molecular flexibility index (Phi) is 9.07. The van der Waals surface area contributed by atoms with Gasteiger partial charge in [0.1, 0.15) is 0 Å². The van der Waals surface area contributed by atoms with E-state index < -0.39 is 0 Å². The normalized spacial score (nSPS) is 14.2. The molecule has 0 radical (unpaired) electrons. The van der Waals surface area contributed by atoms with Gasteiger partial charge in [0.2, 0.25) is 5.91 Å². The molecule has 6 nitrogen and oxygen atoms in total. The van der Waals surface area contributed by atoms with Gasteiger partial charge in [0.05, 0.1) is 13.2 Å². The quantitative estimate of drug-likeness (QED) is 0.760. The van der Waals surface area contributed by atoms with Crippen molar-refractivity contribution in [3.63, 3.8) is 0 Å². The highest BCUT2D eigenvalue weighted by atomic mass is 35.5. The standard InChI is InChI=1S/C16H22ClN3O3.ClH/c1-23-10-5-18-12-15(21)19-6-8-20(9-7-19)16(22)13-3-2-4-14(17)11-13;/h2-4,11,18H,5-10,12H2,1H3;1H. The van der Waals surface area contributed by atoms with Crippen molar-refractivity contribution >= 4 is 35.8 Å². The Bertz CT molecular complexity index is 549. The number of nitrogens with one attached hydrogen (secondary N) is 1. The first kappa shape index (κ1) is 20.7. The molecule has 134 valence electrons. The summed E-state index contributed by atoms with van der Waals surface area (Å²) in [5, 5.41) is 3.59. The summed E-state index contributed by atoms with van der Waals surface area (Å²) in [6.45, 7) is 3.70. The van der Waals surface area contributed by atoms with Gasteiger partial charge in [-0.2, -0.15) is 0 Å². The van der Waals surface area contributed by atoms with Crippen LogP contribution in [-0.4, -0.2) is 74.6 Å². The van der Waals surface area contributed by atoms with Crippen LogP contribution in [0.1, 0.15) is 10.4 Å². The van der Waals surface area contributed by atoms with Crippen molar-refractivity contribution in [3.8, 4) is 0 Å². The summed E-state index contributed by atoms with van der Waals surface area (Å²) in [5.74, 6) is 0.00813. The van der Waals surface area contributed by atoms with Gasteiger partial charge in [-0.15, -0.1) is 12.4 Å². The average Bonchev–Trinajstić information content (AvgIpc) is 2.58. The first-order valence-corrected chi connectivity index (χ1v) is 8.02. The summed E-state index contributed by atoms with van der Waals surface area (Å²) in [5.41, 5.74) is 0.582. The SMILES string of the molecule is COCCNCC(=O)N1CCN(C(=O)c2cccc(Cl)c2)CC1.Cl. The van der Waals surface area contributed by atoms with Crippen molar-refractivity contribution in [2.45, 2.75) is 0 Å². The maximum atomic E-state index is 12.4. The molecule has 1 saturated heterocycles. The van der Waals surface area contributed by atoms with E-state index in [-0.39, 0.29) is 24.2 Å². The fraction of sp³-hybridized carbons (Fsp3) is 0.500. The average molecular weight is 376 g/mol. The maximum Gasteiger partial charge on any atom is 0.254 e. The van der Waals surface area contributed by atoms with E-state index in [1.165, 1.54) is 0 Å². The van der Waals surface area contributed by atoms with E-state index in [1.807, 2.05) is 0 Å². The van der Waals surface area contributed by atoms with Crippen molar-refractivity contribution in [3.05, 3.63) is 34.9 Å². The lowest BCUT2D eigenvalue weighted by molar-refractivity contribution is -0.131. The van der Waals surface area contributed by atoms with Gasteiger partial charge in [-0.1, -0.05) is 17.7 Å². The minimum absolute atomic E-state index is 0.